The van der Waals surface area contributed by atoms with Crippen LogP contribution >= 0.6 is 0 Å². The van der Waals surface area contributed by atoms with Crippen LogP contribution in [0.1, 0.15) is 0 Å². The zero-order valence-corrected chi connectivity index (χ0v) is 14.5. The molecule has 0 saturated carbocycles. The highest BCUT2D eigenvalue weighted by Gasteiger charge is 2.07. The van der Waals surface area contributed by atoms with Gasteiger partial charge in [-0.05, 0) is 88.0 Å². The van der Waals surface area contributed by atoms with Crippen molar-refractivity contribution in [3.05, 3.63) is 91.5 Å². The molecule has 4 nitrogen and oxygen atoms in total. The number of carbonyl (C=O) groups is 1. The van der Waals surface area contributed by atoms with Crippen LogP contribution in [-0.2, 0) is 4.79 Å². The number of benzene rings is 2. The molecule has 130 valence electrons. The molecule has 2 heterocycles. The average Bonchev–Trinajstić information content (AvgIpc) is 2.75. The maximum atomic E-state index is 10.6. The fourth-order valence-electron chi connectivity index (χ4n) is 3.04. The van der Waals surface area contributed by atoms with Crippen LogP contribution in [0.2, 0.25) is 0 Å². The van der Waals surface area contributed by atoms with E-state index in [-0.39, 0.29) is 0 Å². The fourth-order valence-corrected chi connectivity index (χ4v) is 3.04. The van der Waals surface area contributed by atoms with E-state index in [0.717, 1.165) is 39.1 Å². The van der Waals surface area contributed by atoms with Crippen LogP contribution in [0.15, 0.2) is 91.5 Å². The van der Waals surface area contributed by atoms with Gasteiger partial charge in [0.25, 0.3) is 0 Å². The van der Waals surface area contributed by atoms with Crippen LogP contribution in [0, 0.1) is 0 Å². The number of carbonyl (C=O) groups excluding carboxylic acids is 1. The van der Waals surface area contributed by atoms with Crippen LogP contribution in [0.5, 0.6) is 0 Å². The third kappa shape index (κ3) is 3.75. The van der Waals surface area contributed by atoms with Gasteiger partial charge >= 0.3 is 0 Å². The quantitative estimate of drug-likeness (QED) is 0.512. The number of rotatable bonds is 5. The molecule has 0 spiro atoms. The molecule has 0 radical (unpaired) electrons. The van der Waals surface area contributed by atoms with Gasteiger partial charge < -0.3 is 5.32 Å². The molecule has 0 bridgehead atoms. The zero-order chi connectivity index (χ0) is 18.5. The summed E-state index contributed by atoms with van der Waals surface area (Å²) in [5, 5.41) is 2.67. The van der Waals surface area contributed by atoms with Crippen LogP contribution in [0.25, 0.3) is 33.4 Å². The lowest BCUT2D eigenvalue weighted by molar-refractivity contribution is -0.105. The largest absolute Gasteiger partial charge is 0.329 e. The standard InChI is InChI=1S/C23H17N3O/c27-16-26-23-3-1-17(2-4-23)20-13-21(18-5-9-24-10-6-18)15-22(14-20)19-7-11-25-12-8-19/h1-16H,(H,26,27). The number of aromatic nitrogens is 2. The van der Waals surface area contributed by atoms with Gasteiger partial charge in [-0.3, -0.25) is 14.8 Å². The van der Waals surface area contributed by atoms with Crippen molar-refractivity contribution < 1.29 is 4.79 Å². The first-order valence-corrected chi connectivity index (χ1v) is 8.60. The highest BCUT2D eigenvalue weighted by atomic mass is 16.1. The number of nitrogens with zero attached hydrogens (tertiary/aromatic N) is 2. The molecule has 4 heteroatoms. The van der Waals surface area contributed by atoms with E-state index in [0.29, 0.717) is 6.41 Å². The van der Waals surface area contributed by atoms with Crippen molar-refractivity contribution in [1.29, 1.82) is 0 Å². The van der Waals surface area contributed by atoms with E-state index < -0.39 is 0 Å². The molecule has 2 aromatic heterocycles. The van der Waals surface area contributed by atoms with Gasteiger partial charge in [-0.1, -0.05) is 12.1 Å². The Morgan fingerprint density at radius 1 is 0.556 bits per heavy atom. The molecule has 0 aliphatic rings. The predicted octanol–water partition coefficient (Wildman–Crippen LogP) is 5.05. The highest BCUT2D eigenvalue weighted by Crippen LogP contribution is 2.32. The summed E-state index contributed by atoms with van der Waals surface area (Å²) in [4.78, 5) is 18.8. The molecule has 0 aliphatic carbocycles. The molecule has 0 fully saturated rings. The van der Waals surface area contributed by atoms with E-state index in [2.05, 4.69) is 33.5 Å². The normalized spacial score (nSPS) is 10.4. The Bertz CT molecular complexity index is 988. The van der Waals surface area contributed by atoms with Gasteiger partial charge in [-0.2, -0.15) is 0 Å². The lowest BCUT2D eigenvalue weighted by atomic mass is 9.94. The Morgan fingerprint density at radius 3 is 1.37 bits per heavy atom. The molecule has 0 atom stereocenters. The molecule has 1 N–H and O–H groups in total. The lowest BCUT2D eigenvalue weighted by Crippen LogP contribution is -1.93. The number of anilines is 1. The van der Waals surface area contributed by atoms with Crippen molar-refractivity contribution in [2.24, 2.45) is 0 Å². The molecular formula is C23H17N3O. The summed E-state index contributed by atoms with van der Waals surface area (Å²) in [6.07, 6.45) is 7.88. The summed E-state index contributed by atoms with van der Waals surface area (Å²) in [6, 6.07) is 22.4. The van der Waals surface area contributed by atoms with E-state index in [1.54, 1.807) is 24.8 Å². The Morgan fingerprint density at radius 2 is 0.963 bits per heavy atom. The molecule has 1 amide bonds. The van der Waals surface area contributed by atoms with Gasteiger partial charge in [-0.15, -0.1) is 0 Å². The summed E-state index contributed by atoms with van der Waals surface area (Å²) < 4.78 is 0. The van der Waals surface area contributed by atoms with Gasteiger partial charge in [0.05, 0.1) is 0 Å². The number of pyridine rings is 2. The second kappa shape index (κ2) is 7.62. The minimum absolute atomic E-state index is 0.681. The van der Waals surface area contributed by atoms with Crippen LogP contribution in [0.4, 0.5) is 5.69 Å². The van der Waals surface area contributed by atoms with E-state index in [1.807, 2.05) is 48.5 Å². The zero-order valence-electron chi connectivity index (χ0n) is 14.5. The Balaban J connectivity index is 1.84. The third-order valence-corrected chi connectivity index (χ3v) is 4.40. The molecule has 0 unspecified atom stereocenters. The van der Waals surface area contributed by atoms with Crippen molar-refractivity contribution in [3.63, 3.8) is 0 Å². The van der Waals surface area contributed by atoms with Crippen molar-refractivity contribution in [3.8, 4) is 33.4 Å². The van der Waals surface area contributed by atoms with Gasteiger partial charge in [0.1, 0.15) is 0 Å². The summed E-state index contributed by atoms with van der Waals surface area (Å²) in [5.41, 5.74) is 7.43. The molecule has 0 saturated heterocycles. The summed E-state index contributed by atoms with van der Waals surface area (Å²) >= 11 is 0. The summed E-state index contributed by atoms with van der Waals surface area (Å²) in [7, 11) is 0. The minimum Gasteiger partial charge on any atom is -0.329 e. The van der Waals surface area contributed by atoms with Gasteiger partial charge in [0, 0.05) is 30.5 Å². The Hall–Kier alpha value is -3.79. The molecule has 0 aliphatic heterocycles. The number of hydrogen-bond donors (Lipinski definition) is 1. The second-order valence-corrected chi connectivity index (χ2v) is 6.11. The first kappa shape index (κ1) is 16.7. The first-order chi connectivity index (χ1) is 13.3. The molecular weight excluding hydrogens is 334 g/mol. The summed E-state index contributed by atoms with van der Waals surface area (Å²) in [6.45, 7) is 0. The second-order valence-electron chi connectivity index (χ2n) is 6.11. The van der Waals surface area contributed by atoms with Crippen molar-refractivity contribution in [1.82, 2.24) is 9.97 Å². The number of hydrogen-bond acceptors (Lipinski definition) is 3. The minimum atomic E-state index is 0.681. The molecule has 2 aromatic carbocycles. The van der Waals surface area contributed by atoms with E-state index >= 15 is 0 Å². The van der Waals surface area contributed by atoms with Gasteiger partial charge in [0.15, 0.2) is 0 Å². The van der Waals surface area contributed by atoms with E-state index in [1.165, 1.54) is 0 Å². The fraction of sp³-hybridized carbons (Fsp3) is 0. The average molecular weight is 351 g/mol. The van der Waals surface area contributed by atoms with Crippen molar-refractivity contribution in [2.75, 3.05) is 5.32 Å². The monoisotopic (exact) mass is 351 g/mol. The molecule has 4 aromatic rings. The molecule has 4 rings (SSSR count). The maximum absolute atomic E-state index is 10.6. The topological polar surface area (TPSA) is 54.9 Å². The smallest absolute Gasteiger partial charge is 0.211 e. The highest BCUT2D eigenvalue weighted by molar-refractivity contribution is 5.82. The molecule has 27 heavy (non-hydrogen) atoms. The predicted molar refractivity (Wildman–Crippen MR) is 108 cm³/mol. The third-order valence-electron chi connectivity index (χ3n) is 4.40. The number of amides is 1. The Labute approximate surface area is 157 Å². The first-order valence-electron chi connectivity index (χ1n) is 8.60. The van der Waals surface area contributed by atoms with Crippen LogP contribution in [-0.4, -0.2) is 16.4 Å². The van der Waals surface area contributed by atoms with Gasteiger partial charge in [-0.25, -0.2) is 0 Å². The van der Waals surface area contributed by atoms with Crippen LogP contribution in [0.3, 0.4) is 0 Å². The maximum Gasteiger partial charge on any atom is 0.211 e. The van der Waals surface area contributed by atoms with Crippen LogP contribution < -0.4 is 5.32 Å². The Kier molecular flexibility index (Phi) is 4.70. The lowest BCUT2D eigenvalue weighted by Gasteiger charge is -2.11. The van der Waals surface area contributed by atoms with E-state index in [9.17, 15) is 4.79 Å². The summed E-state index contributed by atoms with van der Waals surface area (Å²) in [5.74, 6) is 0. The number of nitrogens with one attached hydrogen (secondary N) is 1. The SMILES string of the molecule is O=CNc1ccc(-c2cc(-c3ccncc3)cc(-c3ccncc3)c2)cc1. The van der Waals surface area contributed by atoms with Crippen molar-refractivity contribution >= 4 is 12.1 Å². The van der Waals surface area contributed by atoms with Crippen molar-refractivity contribution in [2.45, 2.75) is 0 Å². The van der Waals surface area contributed by atoms with E-state index in [4.69, 9.17) is 0 Å². The van der Waals surface area contributed by atoms with Gasteiger partial charge in [0.2, 0.25) is 6.41 Å².